The fourth-order valence-electron chi connectivity index (χ4n) is 4.39. The fourth-order valence-corrected chi connectivity index (χ4v) is 4.39. The summed E-state index contributed by atoms with van der Waals surface area (Å²) in [6, 6.07) is 9.66. The predicted octanol–water partition coefficient (Wildman–Crippen LogP) is 5.05. The second kappa shape index (κ2) is 6.16. The number of hydrogen-bond acceptors (Lipinski definition) is 4. The van der Waals surface area contributed by atoms with Gasteiger partial charge in [0.15, 0.2) is 0 Å². The maximum absolute atomic E-state index is 11.7. The lowest BCUT2D eigenvalue weighted by Gasteiger charge is -2.38. The molecule has 1 N–H and O–H groups in total. The summed E-state index contributed by atoms with van der Waals surface area (Å²) in [5.41, 5.74) is 5.11. The number of nitrogens with one attached hydrogen (secondary N) is 1. The SMILES string of the molecule is COc1cccc(C2Nc3c([N+](=O)[O-])cc(C)c(C)c3C3C=CCC32)c1. The highest BCUT2D eigenvalue weighted by Crippen LogP contribution is 2.53. The first-order valence-corrected chi connectivity index (χ1v) is 8.87. The van der Waals surface area contributed by atoms with E-state index in [-0.39, 0.29) is 22.6 Å². The van der Waals surface area contributed by atoms with Gasteiger partial charge in [-0.2, -0.15) is 0 Å². The van der Waals surface area contributed by atoms with Crippen molar-refractivity contribution in [2.75, 3.05) is 12.4 Å². The van der Waals surface area contributed by atoms with Crippen LogP contribution in [0.2, 0.25) is 0 Å². The van der Waals surface area contributed by atoms with Gasteiger partial charge in [0.25, 0.3) is 5.69 Å². The van der Waals surface area contributed by atoms with E-state index >= 15 is 0 Å². The topological polar surface area (TPSA) is 64.4 Å². The van der Waals surface area contributed by atoms with Gasteiger partial charge in [-0.15, -0.1) is 0 Å². The molecule has 2 aromatic rings. The molecular weight excluding hydrogens is 328 g/mol. The maximum atomic E-state index is 11.7. The number of ether oxygens (including phenoxy) is 1. The lowest BCUT2D eigenvalue weighted by Crippen LogP contribution is -2.30. The van der Waals surface area contributed by atoms with Crippen molar-refractivity contribution in [3.8, 4) is 5.75 Å². The van der Waals surface area contributed by atoms with Gasteiger partial charge in [-0.25, -0.2) is 0 Å². The molecule has 5 heteroatoms. The number of fused-ring (bicyclic) bond motifs is 3. The highest BCUT2D eigenvalue weighted by atomic mass is 16.6. The van der Waals surface area contributed by atoms with E-state index in [4.69, 9.17) is 4.74 Å². The molecule has 0 saturated heterocycles. The molecule has 1 aliphatic carbocycles. The third kappa shape index (κ3) is 2.46. The molecule has 2 aromatic carbocycles. The van der Waals surface area contributed by atoms with E-state index in [9.17, 15) is 10.1 Å². The summed E-state index contributed by atoms with van der Waals surface area (Å²) < 4.78 is 5.37. The zero-order valence-electron chi connectivity index (χ0n) is 15.2. The van der Waals surface area contributed by atoms with Crippen LogP contribution >= 0.6 is 0 Å². The largest absolute Gasteiger partial charge is 0.497 e. The number of allylic oxidation sites excluding steroid dienone is 2. The summed E-state index contributed by atoms with van der Waals surface area (Å²) in [6.07, 6.45) is 5.38. The molecule has 0 saturated carbocycles. The van der Waals surface area contributed by atoms with Gasteiger partial charge in [-0.05, 0) is 60.6 Å². The van der Waals surface area contributed by atoms with E-state index in [1.165, 1.54) is 0 Å². The molecule has 0 aromatic heterocycles. The Bertz CT molecular complexity index is 920. The summed E-state index contributed by atoms with van der Waals surface area (Å²) in [5, 5.41) is 15.2. The van der Waals surface area contributed by atoms with E-state index in [0.717, 1.165) is 34.4 Å². The highest BCUT2D eigenvalue weighted by Gasteiger charge is 2.41. The minimum absolute atomic E-state index is 0.0124. The molecule has 1 heterocycles. The molecular formula is C21H22N2O3. The van der Waals surface area contributed by atoms with Crippen molar-refractivity contribution < 1.29 is 9.66 Å². The number of rotatable bonds is 3. The molecule has 0 amide bonds. The van der Waals surface area contributed by atoms with Gasteiger partial charge >= 0.3 is 0 Å². The Morgan fingerprint density at radius 1 is 1.27 bits per heavy atom. The predicted molar refractivity (Wildman–Crippen MR) is 102 cm³/mol. The van der Waals surface area contributed by atoms with Crippen molar-refractivity contribution in [2.24, 2.45) is 5.92 Å². The van der Waals surface area contributed by atoms with Crippen molar-refractivity contribution in [3.05, 3.63) is 74.9 Å². The van der Waals surface area contributed by atoms with E-state index in [0.29, 0.717) is 11.6 Å². The minimum Gasteiger partial charge on any atom is -0.497 e. The van der Waals surface area contributed by atoms with Crippen LogP contribution in [0.4, 0.5) is 11.4 Å². The number of aryl methyl sites for hydroxylation is 1. The van der Waals surface area contributed by atoms with Gasteiger partial charge in [0, 0.05) is 12.0 Å². The molecule has 3 unspecified atom stereocenters. The van der Waals surface area contributed by atoms with Crippen molar-refractivity contribution in [2.45, 2.75) is 32.2 Å². The van der Waals surface area contributed by atoms with Crippen LogP contribution in [0, 0.1) is 29.9 Å². The van der Waals surface area contributed by atoms with Crippen LogP contribution in [0.25, 0.3) is 0 Å². The molecule has 5 nitrogen and oxygen atoms in total. The minimum atomic E-state index is -0.278. The fraction of sp³-hybridized carbons (Fsp3) is 0.333. The average Bonchev–Trinajstić information content (AvgIpc) is 3.13. The van der Waals surface area contributed by atoms with Crippen molar-refractivity contribution >= 4 is 11.4 Å². The van der Waals surface area contributed by atoms with Crippen LogP contribution in [0.1, 0.15) is 40.6 Å². The van der Waals surface area contributed by atoms with Gasteiger partial charge in [-0.1, -0.05) is 24.3 Å². The standard InChI is InChI=1S/C21H22N2O3/c1-12-10-18(23(24)25)21-19(13(12)2)16-8-5-9-17(16)20(22-21)14-6-4-7-15(11-14)26-3/h4-8,10-11,16-17,20,22H,9H2,1-3H3. The summed E-state index contributed by atoms with van der Waals surface area (Å²) in [6.45, 7) is 4.01. The molecule has 2 aliphatic rings. The first-order valence-electron chi connectivity index (χ1n) is 8.87. The second-order valence-electron chi connectivity index (χ2n) is 7.14. The second-order valence-corrected chi connectivity index (χ2v) is 7.14. The molecule has 0 fully saturated rings. The first kappa shape index (κ1) is 16.6. The monoisotopic (exact) mass is 350 g/mol. The van der Waals surface area contributed by atoms with Crippen LogP contribution in [0.15, 0.2) is 42.5 Å². The number of nitro benzene ring substituents is 1. The number of anilines is 1. The average molecular weight is 350 g/mol. The smallest absolute Gasteiger partial charge is 0.292 e. The van der Waals surface area contributed by atoms with Crippen molar-refractivity contribution in [1.82, 2.24) is 0 Å². The van der Waals surface area contributed by atoms with Gasteiger partial charge in [-0.3, -0.25) is 10.1 Å². The Kier molecular flexibility index (Phi) is 3.94. The molecule has 26 heavy (non-hydrogen) atoms. The summed E-state index contributed by atoms with van der Waals surface area (Å²) in [5.74, 6) is 1.34. The Morgan fingerprint density at radius 2 is 2.08 bits per heavy atom. The van der Waals surface area contributed by atoms with E-state index < -0.39 is 0 Å². The molecule has 0 radical (unpaired) electrons. The van der Waals surface area contributed by atoms with Crippen LogP contribution in [0.3, 0.4) is 0 Å². The molecule has 134 valence electrons. The summed E-state index contributed by atoms with van der Waals surface area (Å²) in [4.78, 5) is 11.4. The number of methoxy groups -OCH3 is 1. The van der Waals surface area contributed by atoms with E-state index in [1.54, 1.807) is 13.2 Å². The quantitative estimate of drug-likeness (QED) is 0.478. The highest BCUT2D eigenvalue weighted by molar-refractivity contribution is 5.74. The lowest BCUT2D eigenvalue weighted by atomic mass is 9.74. The number of nitro groups is 1. The Labute approximate surface area is 152 Å². The van der Waals surface area contributed by atoms with Crippen molar-refractivity contribution in [3.63, 3.8) is 0 Å². The third-order valence-corrected chi connectivity index (χ3v) is 5.80. The molecule has 0 bridgehead atoms. The number of nitrogens with zero attached hydrogens (tertiary/aromatic N) is 1. The maximum Gasteiger partial charge on any atom is 0.292 e. The number of hydrogen-bond donors (Lipinski definition) is 1. The van der Waals surface area contributed by atoms with Crippen LogP contribution in [-0.2, 0) is 0 Å². The number of benzene rings is 2. The molecule has 3 atom stereocenters. The van der Waals surface area contributed by atoms with Gasteiger partial charge in [0.1, 0.15) is 11.4 Å². The Morgan fingerprint density at radius 3 is 2.81 bits per heavy atom. The van der Waals surface area contributed by atoms with Crippen LogP contribution in [0.5, 0.6) is 5.75 Å². The summed E-state index contributed by atoms with van der Waals surface area (Å²) in [7, 11) is 1.65. The molecule has 0 spiro atoms. The van der Waals surface area contributed by atoms with E-state index in [2.05, 4.69) is 30.5 Å². The van der Waals surface area contributed by atoms with Crippen LogP contribution < -0.4 is 10.1 Å². The van der Waals surface area contributed by atoms with E-state index in [1.807, 2.05) is 25.1 Å². The Balaban J connectivity index is 1.89. The normalized spacial score (nSPS) is 23.1. The Hall–Kier alpha value is -2.82. The van der Waals surface area contributed by atoms with Gasteiger partial charge in [0.2, 0.25) is 0 Å². The first-order chi connectivity index (χ1) is 12.5. The molecule has 1 aliphatic heterocycles. The molecule has 4 rings (SSSR count). The third-order valence-electron chi connectivity index (χ3n) is 5.80. The zero-order chi connectivity index (χ0) is 18.4. The van der Waals surface area contributed by atoms with Crippen LogP contribution in [-0.4, -0.2) is 12.0 Å². The van der Waals surface area contributed by atoms with Gasteiger partial charge < -0.3 is 10.1 Å². The summed E-state index contributed by atoms with van der Waals surface area (Å²) >= 11 is 0. The lowest BCUT2D eigenvalue weighted by molar-refractivity contribution is -0.384. The zero-order valence-corrected chi connectivity index (χ0v) is 15.2. The van der Waals surface area contributed by atoms with Gasteiger partial charge in [0.05, 0.1) is 18.1 Å². The van der Waals surface area contributed by atoms with Crippen molar-refractivity contribution in [1.29, 1.82) is 0 Å².